The van der Waals surface area contributed by atoms with Crippen LogP contribution in [0.1, 0.15) is 0 Å². The summed E-state index contributed by atoms with van der Waals surface area (Å²) in [7, 11) is 0. The number of anilines is 2. The lowest BCUT2D eigenvalue weighted by Gasteiger charge is -2.16. The summed E-state index contributed by atoms with van der Waals surface area (Å²) in [6.07, 6.45) is 0. The van der Waals surface area contributed by atoms with Crippen molar-refractivity contribution in [3.63, 3.8) is 0 Å². The van der Waals surface area contributed by atoms with E-state index in [1.165, 1.54) is 0 Å². The number of nitrogens with zero attached hydrogens (tertiary/aromatic N) is 1. The number of urea groups is 1. The third-order valence-electron chi connectivity index (χ3n) is 2.12. The maximum atomic E-state index is 11.4. The van der Waals surface area contributed by atoms with E-state index in [-0.39, 0.29) is 6.03 Å². The van der Waals surface area contributed by atoms with Crippen LogP contribution in [0.25, 0.3) is 0 Å². The van der Waals surface area contributed by atoms with E-state index in [1.54, 1.807) is 17.0 Å². The summed E-state index contributed by atoms with van der Waals surface area (Å²) >= 11 is 3.38. The molecule has 0 bridgehead atoms. The SMILES string of the molecule is Nc1ccc(N2CCNC2=O)c(Br)c1. The molecule has 14 heavy (non-hydrogen) atoms. The van der Waals surface area contributed by atoms with Crippen LogP contribution in [0, 0.1) is 0 Å². The Kier molecular flexibility index (Phi) is 2.33. The molecule has 1 aromatic rings. The van der Waals surface area contributed by atoms with Gasteiger partial charge in [0, 0.05) is 23.2 Å². The van der Waals surface area contributed by atoms with Gasteiger partial charge < -0.3 is 11.1 Å². The van der Waals surface area contributed by atoms with Crippen molar-refractivity contribution in [1.82, 2.24) is 5.32 Å². The van der Waals surface area contributed by atoms with Gasteiger partial charge in [-0.1, -0.05) is 0 Å². The summed E-state index contributed by atoms with van der Waals surface area (Å²) < 4.78 is 0.842. The zero-order valence-corrected chi connectivity index (χ0v) is 9.04. The number of hydrogen-bond donors (Lipinski definition) is 2. The molecule has 0 spiro atoms. The number of carbonyl (C=O) groups excluding carboxylic acids is 1. The van der Waals surface area contributed by atoms with Gasteiger partial charge in [0.2, 0.25) is 0 Å². The summed E-state index contributed by atoms with van der Waals surface area (Å²) in [5, 5.41) is 2.74. The van der Waals surface area contributed by atoms with Crippen molar-refractivity contribution in [2.75, 3.05) is 23.7 Å². The summed E-state index contributed by atoms with van der Waals surface area (Å²) in [6, 6.07) is 5.35. The lowest BCUT2D eigenvalue weighted by molar-refractivity contribution is 0.252. The number of rotatable bonds is 1. The van der Waals surface area contributed by atoms with Gasteiger partial charge in [-0.3, -0.25) is 4.90 Å². The molecule has 2 amide bonds. The summed E-state index contributed by atoms with van der Waals surface area (Å²) in [5.41, 5.74) is 7.15. The number of benzene rings is 1. The van der Waals surface area contributed by atoms with Gasteiger partial charge in [-0.05, 0) is 34.1 Å². The monoisotopic (exact) mass is 255 g/mol. The average molecular weight is 256 g/mol. The fourth-order valence-electron chi connectivity index (χ4n) is 1.44. The Balaban J connectivity index is 2.36. The lowest BCUT2D eigenvalue weighted by atomic mass is 10.2. The molecule has 0 saturated carbocycles. The van der Waals surface area contributed by atoms with Crippen LogP contribution in [0.2, 0.25) is 0 Å². The molecule has 5 heteroatoms. The topological polar surface area (TPSA) is 58.4 Å². The molecule has 1 aliphatic rings. The number of amides is 2. The Morgan fingerprint density at radius 1 is 1.50 bits per heavy atom. The average Bonchev–Trinajstić information content (AvgIpc) is 2.52. The smallest absolute Gasteiger partial charge is 0.322 e. The van der Waals surface area contributed by atoms with E-state index in [0.717, 1.165) is 10.2 Å². The van der Waals surface area contributed by atoms with E-state index in [4.69, 9.17) is 5.73 Å². The molecule has 2 rings (SSSR count). The standard InChI is InChI=1S/C9H10BrN3O/c10-7-5-6(11)1-2-8(7)13-4-3-12-9(13)14/h1-2,5H,3-4,11H2,(H,12,14). The Morgan fingerprint density at radius 3 is 2.86 bits per heavy atom. The van der Waals surface area contributed by atoms with E-state index in [0.29, 0.717) is 18.8 Å². The van der Waals surface area contributed by atoms with Gasteiger partial charge in [0.15, 0.2) is 0 Å². The van der Waals surface area contributed by atoms with Crippen molar-refractivity contribution in [3.8, 4) is 0 Å². The zero-order chi connectivity index (χ0) is 10.1. The number of nitrogen functional groups attached to an aromatic ring is 1. The second-order valence-electron chi connectivity index (χ2n) is 3.09. The first-order valence-electron chi connectivity index (χ1n) is 4.29. The van der Waals surface area contributed by atoms with Crippen LogP contribution in [0.3, 0.4) is 0 Å². The first-order chi connectivity index (χ1) is 6.68. The molecule has 0 radical (unpaired) electrons. The molecular formula is C9H10BrN3O. The van der Waals surface area contributed by atoms with Gasteiger partial charge in [0.1, 0.15) is 0 Å². The van der Waals surface area contributed by atoms with Gasteiger partial charge in [-0.25, -0.2) is 4.79 Å². The Hall–Kier alpha value is -1.23. The lowest BCUT2D eigenvalue weighted by Crippen LogP contribution is -2.27. The molecule has 0 unspecified atom stereocenters. The van der Waals surface area contributed by atoms with Gasteiger partial charge in [0.05, 0.1) is 5.69 Å². The highest BCUT2D eigenvalue weighted by atomic mass is 79.9. The first-order valence-corrected chi connectivity index (χ1v) is 5.08. The molecule has 1 heterocycles. The highest BCUT2D eigenvalue weighted by Gasteiger charge is 2.22. The predicted octanol–water partition coefficient (Wildman–Crippen LogP) is 1.56. The van der Waals surface area contributed by atoms with E-state index < -0.39 is 0 Å². The third-order valence-corrected chi connectivity index (χ3v) is 2.75. The molecule has 74 valence electrons. The molecule has 3 N–H and O–H groups in total. The van der Waals surface area contributed by atoms with Gasteiger partial charge in [-0.15, -0.1) is 0 Å². The number of nitrogens with two attached hydrogens (primary N) is 1. The number of nitrogens with one attached hydrogen (secondary N) is 1. The zero-order valence-electron chi connectivity index (χ0n) is 7.46. The maximum Gasteiger partial charge on any atom is 0.322 e. The van der Waals surface area contributed by atoms with Crippen molar-refractivity contribution < 1.29 is 4.79 Å². The number of hydrogen-bond acceptors (Lipinski definition) is 2. The van der Waals surface area contributed by atoms with Crippen molar-refractivity contribution in [1.29, 1.82) is 0 Å². The van der Waals surface area contributed by atoms with Crippen LogP contribution >= 0.6 is 15.9 Å². The minimum atomic E-state index is -0.0597. The van der Waals surface area contributed by atoms with Crippen molar-refractivity contribution >= 4 is 33.3 Å². The van der Waals surface area contributed by atoms with Crippen molar-refractivity contribution in [3.05, 3.63) is 22.7 Å². The van der Waals surface area contributed by atoms with Gasteiger partial charge >= 0.3 is 6.03 Å². The minimum Gasteiger partial charge on any atom is -0.399 e. The minimum absolute atomic E-state index is 0.0597. The Bertz CT molecular complexity index is 380. The second kappa shape index (κ2) is 3.49. The number of halogens is 1. The Morgan fingerprint density at radius 2 is 2.29 bits per heavy atom. The number of carbonyl (C=O) groups is 1. The summed E-state index contributed by atoms with van der Waals surface area (Å²) in [5.74, 6) is 0. The predicted molar refractivity (Wildman–Crippen MR) is 59.3 cm³/mol. The van der Waals surface area contributed by atoms with Gasteiger partial charge in [-0.2, -0.15) is 0 Å². The fraction of sp³-hybridized carbons (Fsp3) is 0.222. The van der Waals surface area contributed by atoms with E-state index in [9.17, 15) is 4.79 Å². The molecule has 1 saturated heterocycles. The highest BCUT2D eigenvalue weighted by Crippen LogP contribution is 2.28. The summed E-state index contributed by atoms with van der Waals surface area (Å²) in [6.45, 7) is 1.39. The van der Waals surface area contributed by atoms with Crippen LogP contribution in [-0.2, 0) is 0 Å². The van der Waals surface area contributed by atoms with Crippen LogP contribution in [0.15, 0.2) is 22.7 Å². The molecule has 0 aromatic heterocycles. The molecule has 1 aromatic carbocycles. The molecule has 0 atom stereocenters. The largest absolute Gasteiger partial charge is 0.399 e. The van der Waals surface area contributed by atoms with Crippen molar-refractivity contribution in [2.24, 2.45) is 0 Å². The van der Waals surface area contributed by atoms with Gasteiger partial charge in [0.25, 0.3) is 0 Å². The molecule has 0 aliphatic carbocycles. The Labute approximate surface area is 90.2 Å². The molecule has 4 nitrogen and oxygen atoms in total. The van der Waals surface area contributed by atoms with Crippen LogP contribution in [-0.4, -0.2) is 19.1 Å². The van der Waals surface area contributed by atoms with E-state index >= 15 is 0 Å². The van der Waals surface area contributed by atoms with E-state index in [2.05, 4.69) is 21.2 Å². The van der Waals surface area contributed by atoms with Crippen molar-refractivity contribution in [2.45, 2.75) is 0 Å². The molecular weight excluding hydrogens is 246 g/mol. The van der Waals surface area contributed by atoms with E-state index in [1.807, 2.05) is 6.07 Å². The van der Waals surface area contributed by atoms with Crippen LogP contribution < -0.4 is 16.0 Å². The molecule has 1 fully saturated rings. The normalized spacial score (nSPS) is 15.8. The quantitative estimate of drug-likeness (QED) is 0.749. The first kappa shape index (κ1) is 9.33. The summed E-state index contributed by atoms with van der Waals surface area (Å²) in [4.78, 5) is 13.1. The highest BCUT2D eigenvalue weighted by molar-refractivity contribution is 9.10. The molecule has 1 aliphatic heterocycles. The van der Waals surface area contributed by atoms with Crippen LogP contribution in [0.5, 0.6) is 0 Å². The third kappa shape index (κ3) is 1.55. The van der Waals surface area contributed by atoms with Crippen LogP contribution in [0.4, 0.5) is 16.2 Å². The fourth-order valence-corrected chi connectivity index (χ4v) is 2.05. The maximum absolute atomic E-state index is 11.4. The second-order valence-corrected chi connectivity index (χ2v) is 3.95.